The van der Waals surface area contributed by atoms with Crippen molar-refractivity contribution in [1.29, 1.82) is 0 Å². The highest BCUT2D eigenvalue weighted by Gasteiger charge is 2.18. The van der Waals surface area contributed by atoms with E-state index in [1.807, 2.05) is 30.3 Å². The Morgan fingerprint density at radius 3 is 2.62 bits per heavy atom. The van der Waals surface area contributed by atoms with Gasteiger partial charge in [0, 0.05) is 18.5 Å². The second kappa shape index (κ2) is 5.18. The van der Waals surface area contributed by atoms with E-state index in [1.54, 1.807) is 6.26 Å². The van der Waals surface area contributed by atoms with Gasteiger partial charge in [-0.05, 0) is 24.3 Å². The summed E-state index contributed by atoms with van der Waals surface area (Å²) in [5.74, 6) is 2.27. The molecular formula is C16H15N3O2. The first-order chi connectivity index (χ1) is 10.4. The summed E-state index contributed by atoms with van der Waals surface area (Å²) < 4.78 is 10.9. The van der Waals surface area contributed by atoms with E-state index in [1.165, 1.54) is 0 Å². The molecule has 0 radical (unpaired) electrons. The first-order valence-corrected chi connectivity index (χ1v) is 7.05. The van der Waals surface area contributed by atoms with E-state index < -0.39 is 0 Å². The van der Waals surface area contributed by atoms with Crippen LogP contribution in [0.1, 0.15) is 0 Å². The van der Waals surface area contributed by atoms with Gasteiger partial charge in [0.25, 0.3) is 0 Å². The molecule has 0 N–H and O–H groups in total. The number of para-hydroxylation sites is 1. The highest BCUT2D eigenvalue weighted by atomic mass is 16.5. The lowest BCUT2D eigenvalue weighted by molar-refractivity contribution is 0.122. The topological polar surface area (TPSA) is 51.4 Å². The Hall–Kier alpha value is -2.40. The van der Waals surface area contributed by atoms with Gasteiger partial charge in [-0.15, -0.1) is 0 Å². The number of hydrogen-bond donors (Lipinski definition) is 0. The summed E-state index contributed by atoms with van der Waals surface area (Å²) in [7, 11) is 0. The summed E-state index contributed by atoms with van der Waals surface area (Å²) in [6.45, 7) is 3.15. The molecule has 0 saturated carbocycles. The van der Waals surface area contributed by atoms with E-state index in [4.69, 9.17) is 14.1 Å². The molecule has 2 aromatic heterocycles. The fraction of sp³-hybridized carbons (Fsp3) is 0.250. The largest absolute Gasteiger partial charge is 0.461 e. The number of aromatic nitrogens is 2. The molecule has 106 valence electrons. The SMILES string of the molecule is c1coc(-c2nc(N3CCOCC3)c3ccccc3n2)c1. The van der Waals surface area contributed by atoms with Crippen LogP contribution in [0, 0.1) is 0 Å². The average Bonchev–Trinajstić information content (AvgIpc) is 3.09. The molecule has 21 heavy (non-hydrogen) atoms. The Balaban J connectivity index is 1.90. The standard InChI is InChI=1S/C16H15N3O2/c1-2-5-13-12(4-1)16(19-7-10-20-11-8-19)18-15(17-13)14-6-3-9-21-14/h1-6,9H,7-8,10-11H2. The van der Waals surface area contributed by atoms with Crippen LogP contribution in [0.3, 0.4) is 0 Å². The number of fused-ring (bicyclic) bond motifs is 1. The molecule has 0 amide bonds. The summed E-state index contributed by atoms with van der Waals surface area (Å²) in [6.07, 6.45) is 1.64. The van der Waals surface area contributed by atoms with Crippen LogP contribution in [0.25, 0.3) is 22.5 Å². The van der Waals surface area contributed by atoms with Gasteiger partial charge in [-0.3, -0.25) is 0 Å². The predicted octanol–water partition coefficient (Wildman–Crippen LogP) is 2.73. The first kappa shape index (κ1) is 12.3. The Morgan fingerprint density at radius 2 is 1.81 bits per heavy atom. The maximum Gasteiger partial charge on any atom is 0.198 e. The first-order valence-electron chi connectivity index (χ1n) is 7.05. The van der Waals surface area contributed by atoms with Gasteiger partial charge in [0.05, 0.1) is 25.0 Å². The number of nitrogens with zero attached hydrogens (tertiary/aromatic N) is 3. The monoisotopic (exact) mass is 281 g/mol. The van der Waals surface area contributed by atoms with Crippen molar-refractivity contribution in [3.63, 3.8) is 0 Å². The average molecular weight is 281 g/mol. The minimum Gasteiger partial charge on any atom is -0.461 e. The van der Waals surface area contributed by atoms with Gasteiger partial charge >= 0.3 is 0 Å². The Morgan fingerprint density at radius 1 is 0.952 bits per heavy atom. The smallest absolute Gasteiger partial charge is 0.198 e. The molecule has 0 atom stereocenters. The van der Waals surface area contributed by atoms with Crippen molar-refractivity contribution in [2.75, 3.05) is 31.2 Å². The van der Waals surface area contributed by atoms with E-state index in [9.17, 15) is 0 Å². The molecule has 1 aliphatic heterocycles. The molecular weight excluding hydrogens is 266 g/mol. The van der Waals surface area contributed by atoms with Crippen molar-refractivity contribution in [2.24, 2.45) is 0 Å². The molecule has 5 nitrogen and oxygen atoms in total. The van der Waals surface area contributed by atoms with Crippen LogP contribution >= 0.6 is 0 Å². The zero-order valence-corrected chi connectivity index (χ0v) is 11.5. The number of anilines is 1. The molecule has 1 aliphatic rings. The number of ether oxygens (including phenoxy) is 1. The van der Waals surface area contributed by atoms with Crippen LogP contribution in [0.15, 0.2) is 47.1 Å². The zero-order valence-electron chi connectivity index (χ0n) is 11.5. The van der Waals surface area contributed by atoms with E-state index in [0.717, 1.165) is 43.0 Å². The zero-order chi connectivity index (χ0) is 14.1. The summed E-state index contributed by atoms with van der Waals surface area (Å²) >= 11 is 0. The number of benzene rings is 1. The van der Waals surface area contributed by atoms with E-state index in [2.05, 4.69) is 16.0 Å². The number of furan rings is 1. The summed E-state index contributed by atoms with van der Waals surface area (Å²) in [5, 5.41) is 1.06. The molecule has 5 heteroatoms. The lowest BCUT2D eigenvalue weighted by atomic mass is 10.2. The third kappa shape index (κ3) is 2.25. The predicted molar refractivity (Wildman–Crippen MR) is 80.3 cm³/mol. The van der Waals surface area contributed by atoms with Crippen molar-refractivity contribution in [1.82, 2.24) is 9.97 Å². The number of hydrogen-bond acceptors (Lipinski definition) is 5. The summed E-state index contributed by atoms with van der Waals surface area (Å²) in [6, 6.07) is 11.8. The second-order valence-corrected chi connectivity index (χ2v) is 4.96. The third-order valence-electron chi connectivity index (χ3n) is 3.64. The molecule has 4 rings (SSSR count). The van der Waals surface area contributed by atoms with Crippen LogP contribution in [-0.4, -0.2) is 36.3 Å². The van der Waals surface area contributed by atoms with E-state index in [-0.39, 0.29) is 0 Å². The minimum absolute atomic E-state index is 0.625. The van der Waals surface area contributed by atoms with Gasteiger partial charge < -0.3 is 14.1 Å². The fourth-order valence-corrected chi connectivity index (χ4v) is 2.59. The van der Waals surface area contributed by atoms with Gasteiger partial charge in [0.1, 0.15) is 5.82 Å². The molecule has 1 fully saturated rings. The van der Waals surface area contributed by atoms with Gasteiger partial charge in [-0.2, -0.15) is 0 Å². The summed E-state index contributed by atoms with van der Waals surface area (Å²) in [5.41, 5.74) is 0.931. The van der Waals surface area contributed by atoms with Crippen molar-refractivity contribution in [3.05, 3.63) is 42.7 Å². The van der Waals surface area contributed by atoms with Crippen molar-refractivity contribution in [2.45, 2.75) is 0 Å². The molecule has 1 aromatic carbocycles. The summed E-state index contributed by atoms with van der Waals surface area (Å²) in [4.78, 5) is 11.6. The quantitative estimate of drug-likeness (QED) is 0.723. The van der Waals surface area contributed by atoms with E-state index >= 15 is 0 Å². The van der Waals surface area contributed by atoms with E-state index in [0.29, 0.717) is 11.6 Å². The molecule has 0 aliphatic carbocycles. The lowest BCUT2D eigenvalue weighted by Gasteiger charge is -2.28. The Kier molecular flexibility index (Phi) is 3.05. The highest BCUT2D eigenvalue weighted by molar-refractivity contribution is 5.90. The molecule has 0 unspecified atom stereocenters. The Bertz CT molecular complexity index is 749. The number of morpholine rings is 1. The van der Waals surface area contributed by atoms with Crippen LogP contribution < -0.4 is 4.90 Å². The van der Waals surface area contributed by atoms with Gasteiger partial charge in [0.15, 0.2) is 11.6 Å². The minimum atomic E-state index is 0.625. The highest BCUT2D eigenvalue weighted by Crippen LogP contribution is 2.28. The molecule has 0 spiro atoms. The van der Waals surface area contributed by atoms with Crippen molar-refractivity contribution < 1.29 is 9.15 Å². The van der Waals surface area contributed by atoms with Crippen molar-refractivity contribution in [3.8, 4) is 11.6 Å². The maximum absolute atomic E-state index is 5.44. The lowest BCUT2D eigenvalue weighted by Crippen LogP contribution is -2.37. The molecule has 1 saturated heterocycles. The maximum atomic E-state index is 5.44. The fourth-order valence-electron chi connectivity index (χ4n) is 2.59. The van der Waals surface area contributed by atoms with Crippen LogP contribution in [0.2, 0.25) is 0 Å². The van der Waals surface area contributed by atoms with Gasteiger partial charge in [-0.1, -0.05) is 12.1 Å². The van der Waals surface area contributed by atoms with Gasteiger partial charge in [0.2, 0.25) is 0 Å². The van der Waals surface area contributed by atoms with Crippen LogP contribution in [0.4, 0.5) is 5.82 Å². The molecule has 3 aromatic rings. The second-order valence-electron chi connectivity index (χ2n) is 4.96. The van der Waals surface area contributed by atoms with Crippen LogP contribution in [0.5, 0.6) is 0 Å². The normalized spacial score (nSPS) is 15.5. The van der Waals surface area contributed by atoms with Gasteiger partial charge in [-0.25, -0.2) is 9.97 Å². The van der Waals surface area contributed by atoms with Crippen LogP contribution in [-0.2, 0) is 4.74 Å². The molecule has 0 bridgehead atoms. The third-order valence-corrected chi connectivity index (χ3v) is 3.64. The molecule has 3 heterocycles. The Labute approximate surface area is 122 Å². The van der Waals surface area contributed by atoms with Crippen molar-refractivity contribution >= 4 is 16.7 Å². The number of rotatable bonds is 2.